The molecule has 0 bridgehead atoms. The van der Waals surface area contributed by atoms with Gasteiger partial charge in [0.15, 0.2) is 0 Å². The third-order valence-electron chi connectivity index (χ3n) is 4.02. The summed E-state index contributed by atoms with van der Waals surface area (Å²) in [5.74, 6) is 0.532. The largest absolute Gasteiger partial charge is 0.345 e. The van der Waals surface area contributed by atoms with Crippen molar-refractivity contribution in [2.75, 3.05) is 19.6 Å². The van der Waals surface area contributed by atoms with Gasteiger partial charge in [0.2, 0.25) is 10.0 Å². The average molecular weight is 343 g/mol. The minimum atomic E-state index is -3.59. The van der Waals surface area contributed by atoms with Crippen LogP contribution in [0.5, 0.6) is 0 Å². The van der Waals surface area contributed by atoms with Crippen molar-refractivity contribution in [2.45, 2.75) is 24.2 Å². The molecule has 0 radical (unpaired) electrons. The van der Waals surface area contributed by atoms with E-state index in [9.17, 15) is 8.42 Å². The van der Waals surface area contributed by atoms with Crippen LogP contribution in [0.2, 0.25) is 5.02 Å². The van der Waals surface area contributed by atoms with Gasteiger partial charge in [-0.2, -0.15) is 0 Å². The van der Waals surface area contributed by atoms with Gasteiger partial charge in [-0.05, 0) is 44.3 Å². The maximum atomic E-state index is 12.5. The molecule has 8 heteroatoms. The van der Waals surface area contributed by atoms with Crippen LogP contribution in [0, 0.1) is 5.92 Å². The molecule has 1 fully saturated rings. The molecule has 120 valence electrons. The fourth-order valence-electron chi connectivity index (χ4n) is 2.85. The highest BCUT2D eigenvalue weighted by Gasteiger charge is 2.21. The van der Waals surface area contributed by atoms with E-state index in [1.807, 2.05) is 0 Å². The lowest BCUT2D eigenvalue weighted by molar-refractivity contribution is 0.358. The highest BCUT2D eigenvalue weighted by atomic mass is 35.5. The molecule has 1 saturated heterocycles. The third-order valence-corrected chi connectivity index (χ3v) is 5.82. The molecule has 0 aliphatic carbocycles. The molecule has 3 N–H and O–H groups in total. The Morgan fingerprint density at radius 2 is 2.32 bits per heavy atom. The van der Waals surface area contributed by atoms with Crippen LogP contribution in [0.25, 0.3) is 11.0 Å². The van der Waals surface area contributed by atoms with Gasteiger partial charge in [0, 0.05) is 18.9 Å². The first kappa shape index (κ1) is 15.7. The fraction of sp³-hybridized carbons (Fsp3) is 0.500. The molecule has 0 aromatic carbocycles. The second kappa shape index (κ2) is 6.54. The van der Waals surface area contributed by atoms with Gasteiger partial charge >= 0.3 is 0 Å². The molecular formula is C14H19ClN4O2S. The summed E-state index contributed by atoms with van der Waals surface area (Å²) < 4.78 is 27.6. The molecule has 2 aromatic rings. The molecule has 3 rings (SSSR count). The van der Waals surface area contributed by atoms with Crippen molar-refractivity contribution >= 4 is 32.7 Å². The molecule has 3 heterocycles. The van der Waals surface area contributed by atoms with Crippen LogP contribution >= 0.6 is 11.6 Å². The van der Waals surface area contributed by atoms with Crippen molar-refractivity contribution in [1.29, 1.82) is 0 Å². The molecule has 22 heavy (non-hydrogen) atoms. The van der Waals surface area contributed by atoms with Crippen LogP contribution in [-0.4, -0.2) is 38.0 Å². The van der Waals surface area contributed by atoms with Crippen LogP contribution in [0.3, 0.4) is 0 Å². The number of piperidine rings is 1. The van der Waals surface area contributed by atoms with E-state index in [1.165, 1.54) is 6.20 Å². The van der Waals surface area contributed by atoms with Crippen LogP contribution in [-0.2, 0) is 10.0 Å². The number of rotatable bonds is 5. The number of hydrogen-bond acceptors (Lipinski definition) is 4. The molecule has 1 aliphatic heterocycles. The number of halogens is 1. The topological polar surface area (TPSA) is 86.9 Å². The number of hydrogen-bond donors (Lipinski definition) is 3. The number of sulfonamides is 1. The second-order valence-corrected chi connectivity index (χ2v) is 7.71. The molecule has 1 atom stereocenters. The molecule has 2 aromatic heterocycles. The molecule has 6 nitrogen and oxygen atoms in total. The first-order chi connectivity index (χ1) is 10.6. The monoisotopic (exact) mass is 342 g/mol. The van der Waals surface area contributed by atoms with Gasteiger partial charge in [-0.25, -0.2) is 18.1 Å². The molecule has 1 unspecified atom stereocenters. The van der Waals surface area contributed by atoms with Crippen LogP contribution in [0.4, 0.5) is 0 Å². The highest BCUT2D eigenvalue weighted by molar-refractivity contribution is 7.89. The normalized spacial score (nSPS) is 19.6. The summed E-state index contributed by atoms with van der Waals surface area (Å²) in [6, 6.07) is 1.59. The predicted octanol–water partition coefficient (Wildman–Crippen LogP) is 1.88. The zero-order chi connectivity index (χ0) is 15.6. The number of H-pyrrole nitrogens is 1. The quantitative estimate of drug-likeness (QED) is 0.774. The lowest BCUT2D eigenvalue weighted by atomic mass is 9.96. The van der Waals surface area contributed by atoms with Gasteiger partial charge in [0.25, 0.3) is 0 Å². The Bertz CT molecular complexity index is 753. The number of nitrogens with one attached hydrogen (secondary N) is 3. The minimum absolute atomic E-state index is 0.155. The number of nitrogens with zero attached hydrogens (tertiary/aromatic N) is 1. The highest BCUT2D eigenvalue weighted by Crippen LogP contribution is 2.28. The summed E-state index contributed by atoms with van der Waals surface area (Å²) in [5, 5.41) is 4.15. The van der Waals surface area contributed by atoms with Crippen molar-refractivity contribution in [3.63, 3.8) is 0 Å². The number of pyridine rings is 1. The van der Waals surface area contributed by atoms with Gasteiger partial charge in [0.1, 0.15) is 10.5 Å². The van der Waals surface area contributed by atoms with Crippen molar-refractivity contribution in [3.8, 4) is 0 Å². The molecule has 0 spiro atoms. The van der Waals surface area contributed by atoms with E-state index in [1.54, 1.807) is 12.3 Å². The summed E-state index contributed by atoms with van der Waals surface area (Å²) in [6.07, 6.45) is 6.12. The Kier molecular flexibility index (Phi) is 4.67. The minimum Gasteiger partial charge on any atom is -0.345 e. The van der Waals surface area contributed by atoms with Gasteiger partial charge in [-0.1, -0.05) is 11.6 Å². The van der Waals surface area contributed by atoms with Crippen molar-refractivity contribution in [3.05, 3.63) is 23.5 Å². The zero-order valence-corrected chi connectivity index (χ0v) is 13.7. The summed E-state index contributed by atoms with van der Waals surface area (Å²) >= 11 is 6.10. The number of aromatic amines is 1. The molecular weight excluding hydrogens is 324 g/mol. The Balaban J connectivity index is 1.71. The Hall–Kier alpha value is -1.15. The summed E-state index contributed by atoms with van der Waals surface area (Å²) in [6.45, 7) is 2.45. The Morgan fingerprint density at radius 3 is 3.09 bits per heavy atom. The van der Waals surface area contributed by atoms with E-state index in [0.717, 1.165) is 32.4 Å². The van der Waals surface area contributed by atoms with Gasteiger partial charge < -0.3 is 10.3 Å². The first-order valence-electron chi connectivity index (χ1n) is 7.40. The van der Waals surface area contributed by atoms with Gasteiger partial charge in [-0.15, -0.1) is 0 Å². The maximum Gasteiger partial charge on any atom is 0.242 e. The zero-order valence-electron chi connectivity index (χ0n) is 12.1. The lowest BCUT2D eigenvalue weighted by Gasteiger charge is -2.22. The second-order valence-electron chi connectivity index (χ2n) is 5.57. The van der Waals surface area contributed by atoms with E-state index in [0.29, 0.717) is 28.5 Å². The number of aromatic nitrogens is 2. The van der Waals surface area contributed by atoms with Crippen molar-refractivity contribution in [2.24, 2.45) is 5.92 Å². The van der Waals surface area contributed by atoms with E-state index in [-0.39, 0.29) is 4.90 Å². The van der Waals surface area contributed by atoms with E-state index >= 15 is 0 Å². The van der Waals surface area contributed by atoms with Crippen molar-refractivity contribution < 1.29 is 8.42 Å². The molecule has 0 saturated carbocycles. The Labute approximate surface area is 134 Å². The van der Waals surface area contributed by atoms with Gasteiger partial charge in [-0.3, -0.25) is 0 Å². The summed E-state index contributed by atoms with van der Waals surface area (Å²) in [5.41, 5.74) is 0.476. The van der Waals surface area contributed by atoms with Crippen molar-refractivity contribution in [1.82, 2.24) is 20.0 Å². The lowest BCUT2D eigenvalue weighted by Crippen LogP contribution is -2.33. The van der Waals surface area contributed by atoms with Crippen LogP contribution in [0.15, 0.2) is 23.4 Å². The SMILES string of the molecule is O=S(=O)(NCCC1CCCNC1)c1c[nH]c2nccc(Cl)c12. The van der Waals surface area contributed by atoms with E-state index in [2.05, 4.69) is 20.0 Å². The molecule has 0 amide bonds. The average Bonchev–Trinajstić information content (AvgIpc) is 2.94. The Morgan fingerprint density at radius 1 is 1.45 bits per heavy atom. The third kappa shape index (κ3) is 3.27. The molecule has 1 aliphatic rings. The standard InChI is InChI=1S/C14H19ClN4O2S/c15-11-4-6-17-14-13(11)12(9-18-14)22(20,21)19-7-3-10-2-1-5-16-8-10/h4,6,9-10,16,19H,1-3,5,7-8H2,(H,17,18). The fourth-order valence-corrected chi connectivity index (χ4v) is 4.38. The van der Waals surface area contributed by atoms with Crippen LogP contribution < -0.4 is 10.0 Å². The number of fused-ring (bicyclic) bond motifs is 1. The van der Waals surface area contributed by atoms with Crippen LogP contribution in [0.1, 0.15) is 19.3 Å². The first-order valence-corrected chi connectivity index (χ1v) is 9.26. The van der Waals surface area contributed by atoms with E-state index < -0.39 is 10.0 Å². The predicted molar refractivity (Wildman–Crippen MR) is 86.5 cm³/mol. The van der Waals surface area contributed by atoms with E-state index in [4.69, 9.17) is 11.6 Å². The summed E-state index contributed by atoms with van der Waals surface area (Å²) in [7, 11) is -3.59. The maximum absolute atomic E-state index is 12.5. The summed E-state index contributed by atoms with van der Waals surface area (Å²) in [4.78, 5) is 7.09. The van der Waals surface area contributed by atoms with Gasteiger partial charge in [0.05, 0.1) is 10.4 Å². The smallest absolute Gasteiger partial charge is 0.242 e.